The van der Waals surface area contributed by atoms with Crippen molar-refractivity contribution in [2.45, 2.75) is 25.9 Å². The molecule has 1 fully saturated rings. The fourth-order valence-corrected chi connectivity index (χ4v) is 4.98. The third kappa shape index (κ3) is 5.62. The Bertz CT molecular complexity index is 1330. The number of hydrogen-bond donors (Lipinski definition) is 0. The van der Waals surface area contributed by atoms with Gasteiger partial charge in [-0.15, -0.1) is 0 Å². The Balaban J connectivity index is 1.45. The van der Waals surface area contributed by atoms with E-state index in [9.17, 15) is 4.79 Å². The summed E-state index contributed by atoms with van der Waals surface area (Å²) < 4.78 is 13.7. The first-order valence-electron chi connectivity index (χ1n) is 12.9. The standard InChI is InChI=1S/C30H34N4O3/c1-3-32-15-17-33(18-16-32)29(35)20-26(24-11-7-12-25(19-24)36-2)27-21-31-30-28(13-8-14-34(27)30)37-22-23-9-5-4-6-10-23/h4-14,19,21,26H,3,15-18,20,22H2,1-2H3. The van der Waals surface area contributed by atoms with E-state index in [0.29, 0.717) is 18.8 Å². The molecule has 1 atom stereocenters. The van der Waals surface area contributed by atoms with Crippen LogP contribution in [-0.2, 0) is 11.4 Å². The van der Waals surface area contributed by atoms with Crippen LogP contribution < -0.4 is 9.47 Å². The van der Waals surface area contributed by atoms with E-state index in [0.717, 1.165) is 60.9 Å². The van der Waals surface area contributed by atoms with E-state index in [1.54, 1.807) is 7.11 Å². The van der Waals surface area contributed by atoms with E-state index in [-0.39, 0.29) is 11.8 Å². The van der Waals surface area contributed by atoms with Gasteiger partial charge in [0.1, 0.15) is 12.4 Å². The first-order valence-corrected chi connectivity index (χ1v) is 12.9. The Morgan fingerprint density at radius 1 is 1.00 bits per heavy atom. The number of hydrogen-bond acceptors (Lipinski definition) is 5. The van der Waals surface area contributed by atoms with Crippen LogP contribution in [0.25, 0.3) is 5.65 Å². The van der Waals surface area contributed by atoms with Gasteiger partial charge >= 0.3 is 0 Å². The number of amides is 1. The Kier molecular flexibility index (Phi) is 7.70. The molecule has 0 bridgehead atoms. The lowest BCUT2D eigenvalue weighted by Crippen LogP contribution is -2.48. The van der Waals surface area contributed by atoms with Crippen molar-refractivity contribution in [3.8, 4) is 11.5 Å². The molecule has 5 rings (SSSR count). The number of piperazine rings is 1. The minimum atomic E-state index is -0.175. The quantitative estimate of drug-likeness (QED) is 0.337. The van der Waals surface area contributed by atoms with E-state index < -0.39 is 0 Å². The summed E-state index contributed by atoms with van der Waals surface area (Å²) in [5.74, 6) is 1.47. The number of imidazole rings is 1. The molecule has 1 amide bonds. The van der Waals surface area contributed by atoms with Crippen molar-refractivity contribution < 1.29 is 14.3 Å². The highest BCUT2D eigenvalue weighted by molar-refractivity contribution is 5.78. The van der Waals surface area contributed by atoms with Crippen molar-refractivity contribution in [1.29, 1.82) is 0 Å². The van der Waals surface area contributed by atoms with Gasteiger partial charge in [0.2, 0.25) is 5.91 Å². The number of benzene rings is 2. The van der Waals surface area contributed by atoms with Crippen molar-refractivity contribution in [3.63, 3.8) is 0 Å². The van der Waals surface area contributed by atoms with Gasteiger partial charge in [-0.05, 0) is 41.9 Å². The molecule has 1 saturated heterocycles. The topological polar surface area (TPSA) is 59.3 Å². The van der Waals surface area contributed by atoms with E-state index in [1.807, 2.05) is 82.4 Å². The second-order valence-electron chi connectivity index (χ2n) is 9.37. The fourth-order valence-electron chi connectivity index (χ4n) is 4.98. The number of pyridine rings is 1. The number of fused-ring (bicyclic) bond motifs is 1. The third-order valence-corrected chi connectivity index (χ3v) is 7.17. The molecule has 0 aliphatic carbocycles. The van der Waals surface area contributed by atoms with Crippen LogP contribution in [0.5, 0.6) is 11.5 Å². The summed E-state index contributed by atoms with van der Waals surface area (Å²) in [7, 11) is 1.66. The highest BCUT2D eigenvalue weighted by Gasteiger charge is 2.27. The molecule has 7 heteroatoms. The minimum Gasteiger partial charge on any atom is -0.497 e. The van der Waals surface area contributed by atoms with Crippen LogP contribution in [0.1, 0.15) is 36.1 Å². The number of likely N-dealkylation sites (N-methyl/N-ethyl adjacent to an activating group) is 1. The van der Waals surface area contributed by atoms with Crippen LogP contribution in [0.4, 0.5) is 0 Å². The van der Waals surface area contributed by atoms with Gasteiger partial charge in [-0.2, -0.15) is 0 Å². The molecule has 1 aliphatic rings. The first kappa shape index (κ1) is 24.8. The van der Waals surface area contributed by atoms with Gasteiger partial charge in [-0.3, -0.25) is 4.79 Å². The lowest BCUT2D eigenvalue weighted by Gasteiger charge is -2.34. The van der Waals surface area contributed by atoms with Crippen molar-refractivity contribution in [1.82, 2.24) is 19.2 Å². The second-order valence-corrected chi connectivity index (χ2v) is 9.37. The highest BCUT2D eigenvalue weighted by Crippen LogP contribution is 2.33. The average Bonchev–Trinajstić information content (AvgIpc) is 3.40. The number of carbonyl (C=O) groups excluding carboxylic acids is 1. The van der Waals surface area contributed by atoms with E-state index in [1.165, 1.54) is 0 Å². The largest absolute Gasteiger partial charge is 0.497 e. The number of methoxy groups -OCH3 is 1. The predicted molar refractivity (Wildman–Crippen MR) is 144 cm³/mol. The molecule has 0 saturated carbocycles. The summed E-state index contributed by atoms with van der Waals surface area (Å²) in [4.78, 5) is 22.6. The fraction of sp³-hybridized carbons (Fsp3) is 0.333. The molecule has 1 aliphatic heterocycles. The molecule has 1 unspecified atom stereocenters. The molecule has 37 heavy (non-hydrogen) atoms. The van der Waals surface area contributed by atoms with E-state index in [2.05, 4.69) is 17.9 Å². The van der Waals surface area contributed by atoms with E-state index in [4.69, 9.17) is 14.5 Å². The maximum Gasteiger partial charge on any atom is 0.223 e. The molecule has 0 N–H and O–H groups in total. The average molecular weight is 499 g/mol. The zero-order chi connectivity index (χ0) is 25.6. The summed E-state index contributed by atoms with van der Waals surface area (Å²) in [6.45, 7) is 7.02. The molecule has 2 aromatic heterocycles. The zero-order valence-electron chi connectivity index (χ0n) is 21.5. The van der Waals surface area contributed by atoms with Crippen LogP contribution in [-0.4, -0.2) is 64.9 Å². The zero-order valence-corrected chi connectivity index (χ0v) is 21.5. The first-order chi connectivity index (χ1) is 18.2. The van der Waals surface area contributed by atoms with Crippen molar-refractivity contribution in [2.75, 3.05) is 39.8 Å². The van der Waals surface area contributed by atoms with Gasteiger partial charge in [0.05, 0.1) is 12.8 Å². The van der Waals surface area contributed by atoms with Crippen LogP contribution >= 0.6 is 0 Å². The summed E-state index contributed by atoms with van der Waals surface area (Å²) in [5.41, 5.74) is 3.82. The van der Waals surface area contributed by atoms with Crippen LogP contribution in [0.2, 0.25) is 0 Å². The maximum atomic E-state index is 13.5. The minimum absolute atomic E-state index is 0.162. The van der Waals surface area contributed by atoms with Gasteiger partial charge in [0.15, 0.2) is 11.4 Å². The molecule has 7 nitrogen and oxygen atoms in total. The Morgan fingerprint density at radius 3 is 2.57 bits per heavy atom. The van der Waals surface area contributed by atoms with Crippen LogP contribution in [0.15, 0.2) is 79.1 Å². The lowest BCUT2D eigenvalue weighted by molar-refractivity contribution is -0.133. The molecule has 0 radical (unpaired) electrons. The number of aromatic nitrogens is 2. The monoisotopic (exact) mass is 498 g/mol. The molecule has 2 aromatic carbocycles. The van der Waals surface area contributed by atoms with Gasteiger partial charge in [-0.1, -0.05) is 49.4 Å². The molecular weight excluding hydrogens is 464 g/mol. The van der Waals surface area contributed by atoms with Crippen LogP contribution in [0, 0.1) is 0 Å². The summed E-state index contributed by atoms with van der Waals surface area (Å²) in [6, 6.07) is 22.0. The van der Waals surface area contributed by atoms with Gasteiger partial charge in [0, 0.05) is 50.9 Å². The van der Waals surface area contributed by atoms with Gasteiger partial charge in [0.25, 0.3) is 0 Å². The molecule has 4 aromatic rings. The maximum absolute atomic E-state index is 13.5. The summed E-state index contributed by atoms with van der Waals surface area (Å²) in [6.07, 6.45) is 4.23. The van der Waals surface area contributed by atoms with Crippen molar-refractivity contribution >= 4 is 11.6 Å². The van der Waals surface area contributed by atoms with Gasteiger partial charge in [-0.25, -0.2) is 4.98 Å². The molecule has 0 spiro atoms. The SMILES string of the molecule is CCN1CCN(C(=O)CC(c2cccc(OC)c2)c2cnc3c(OCc4ccccc4)cccn23)CC1. The lowest BCUT2D eigenvalue weighted by atomic mass is 9.91. The van der Waals surface area contributed by atoms with Crippen molar-refractivity contribution in [2.24, 2.45) is 0 Å². The van der Waals surface area contributed by atoms with Gasteiger partial charge < -0.3 is 23.7 Å². The molecular formula is C30H34N4O3. The molecule has 192 valence electrons. The number of ether oxygens (including phenoxy) is 2. The van der Waals surface area contributed by atoms with Crippen LogP contribution in [0.3, 0.4) is 0 Å². The smallest absolute Gasteiger partial charge is 0.223 e. The molecule has 3 heterocycles. The summed E-state index contributed by atoms with van der Waals surface area (Å²) >= 11 is 0. The number of carbonyl (C=O) groups is 1. The third-order valence-electron chi connectivity index (χ3n) is 7.17. The Hall–Kier alpha value is -3.84. The Labute approximate surface area is 218 Å². The Morgan fingerprint density at radius 2 is 1.81 bits per heavy atom. The second kappa shape index (κ2) is 11.5. The normalized spacial score (nSPS) is 15.0. The van der Waals surface area contributed by atoms with E-state index >= 15 is 0 Å². The number of rotatable bonds is 9. The highest BCUT2D eigenvalue weighted by atomic mass is 16.5. The summed E-state index contributed by atoms with van der Waals surface area (Å²) in [5, 5.41) is 0. The van der Waals surface area contributed by atoms with Crippen molar-refractivity contribution in [3.05, 3.63) is 95.9 Å². The predicted octanol–water partition coefficient (Wildman–Crippen LogP) is 4.61. The number of nitrogens with zero attached hydrogens (tertiary/aromatic N) is 4.